The fourth-order valence-corrected chi connectivity index (χ4v) is 1.41. The van der Waals surface area contributed by atoms with Gasteiger partial charge in [-0.15, -0.1) is 6.58 Å². The van der Waals surface area contributed by atoms with Gasteiger partial charge >= 0.3 is 6.18 Å². The van der Waals surface area contributed by atoms with Crippen LogP contribution in [0, 0.1) is 11.3 Å². The zero-order valence-corrected chi connectivity index (χ0v) is 9.25. The molecule has 90 valence electrons. The van der Waals surface area contributed by atoms with Crippen LogP contribution in [0.1, 0.15) is 11.1 Å². The molecule has 1 aromatic carbocycles. The molecular formula is C12H11F3N2. The zero-order chi connectivity index (χ0) is 13.1. The maximum Gasteiger partial charge on any atom is 0.417 e. The summed E-state index contributed by atoms with van der Waals surface area (Å²) in [6.07, 6.45) is -2.87. The molecule has 1 aromatic rings. The van der Waals surface area contributed by atoms with Gasteiger partial charge in [0.15, 0.2) is 0 Å². The molecule has 5 heteroatoms. The van der Waals surface area contributed by atoms with Crippen LogP contribution in [0.2, 0.25) is 0 Å². The minimum absolute atomic E-state index is 0.370. The Morgan fingerprint density at radius 2 is 2.12 bits per heavy atom. The minimum atomic E-state index is -4.50. The molecule has 0 amide bonds. The quantitative estimate of drug-likeness (QED) is 0.758. The molecule has 0 atom stereocenters. The van der Waals surface area contributed by atoms with E-state index in [1.807, 2.05) is 0 Å². The topological polar surface area (TPSA) is 27.0 Å². The van der Waals surface area contributed by atoms with Crippen LogP contribution in [0.25, 0.3) is 0 Å². The molecule has 0 N–H and O–H groups in total. The van der Waals surface area contributed by atoms with Crippen LogP contribution < -0.4 is 4.90 Å². The third kappa shape index (κ3) is 3.00. The number of hydrogen-bond acceptors (Lipinski definition) is 2. The lowest BCUT2D eigenvalue weighted by Gasteiger charge is -2.18. The van der Waals surface area contributed by atoms with E-state index >= 15 is 0 Å². The van der Waals surface area contributed by atoms with Crippen molar-refractivity contribution >= 4 is 5.69 Å². The van der Waals surface area contributed by atoms with Crippen molar-refractivity contribution in [3.63, 3.8) is 0 Å². The lowest BCUT2D eigenvalue weighted by molar-refractivity contribution is -0.137. The molecule has 0 aliphatic carbocycles. The Labute approximate surface area is 97.6 Å². The van der Waals surface area contributed by atoms with Crippen molar-refractivity contribution in [3.05, 3.63) is 42.0 Å². The summed E-state index contributed by atoms with van der Waals surface area (Å²) in [7, 11) is 1.71. The number of nitrogens with zero attached hydrogens (tertiary/aromatic N) is 2. The van der Waals surface area contributed by atoms with Crippen molar-refractivity contribution in [3.8, 4) is 6.07 Å². The molecule has 17 heavy (non-hydrogen) atoms. The predicted octanol–water partition coefficient (Wildman–Crippen LogP) is 3.20. The van der Waals surface area contributed by atoms with E-state index in [4.69, 9.17) is 5.26 Å². The normalized spacial score (nSPS) is 10.8. The highest BCUT2D eigenvalue weighted by molar-refractivity contribution is 5.55. The van der Waals surface area contributed by atoms with Gasteiger partial charge < -0.3 is 4.90 Å². The third-order valence-electron chi connectivity index (χ3n) is 2.27. The van der Waals surface area contributed by atoms with Crippen LogP contribution in [0.5, 0.6) is 0 Å². The van der Waals surface area contributed by atoms with Gasteiger partial charge in [0.25, 0.3) is 0 Å². The predicted molar refractivity (Wildman–Crippen MR) is 59.6 cm³/mol. The molecule has 0 saturated carbocycles. The lowest BCUT2D eigenvalue weighted by Crippen LogP contribution is -2.17. The Kier molecular flexibility index (Phi) is 3.79. The number of rotatable bonds is 3. The number of hydrogen-bond donors (Lipinski definition) is 0. The van der Waals surface area contributed by atoms with Gasteiger partial charge in [0, 0.05) is 19.3 Å². The second-order valence-corrected chi connectivity index (χ2v) is 3.51. The molecule has 0 aromatic heterocycles. The Bertz CT molecular complexity index is 458. The van der Waals surface area contributed by atoms with E-state index in [1.54, 1.807) is 24.1 Å². The van der Waals surface area contributed by atoms with Crippen molar-refractivity contribution in [2.45, 2.75) is 6.18 Å². The average Bonchev–Trinajstić information content (AvgIpc) is 2.27. The van der Waals surface area contributed by atoms with Gasteiger partial charge in [-0.2, -0.15) is 18.4 Å². The van der Waals surface area contributed by atoms with Gasteiger partial charge in [-0.1, -0.05) is 6.08 Å². The first-order chi connectivity index (χ1) is 7.90. The van der Waals surface area contributed by atoms with Gasteiger partial charge in [0.1, 0.15) is 0 Å². The summed E-state index contributed by atoms with van der Waals surface area (Å²) in [6.45, 7) is 4.04. The number of nitriles is 1. The molecule has 0 aliphatic rings. The number of likely N-dealkylation sites (N-methyl/N-ethyl adjacent to an activating group) is 1. The molecule has 0 radical (unpaired) electrons. The van der Waals surface area contributed by atoms with Crippen molar-refractivity contribution in [2.24, 2.45) is 0 Å². The zero-order valence-electron chi connectivity index (χ0n) is 9.25. The summed E-state index contributed by atoms with van der Waals surface area (Å²) in [5.41, 5.74) is -0.726. The van der Waals surface area contributed by atoms with Crippen LogP contribution in [0.3, 0.4) is 0 Å². The first-order valence-corrected chi connectivity index (χ1v) is 4.83. The van der Waals surface area contributed by atoms with E-state index in [-0.39, 0.29) is 5.56 Å². The van der Waals surface area contributed by atoms with E-state index in [0.717, 1.165) is 6.07 Å². The van der Waals surface area contributed by atoms with Gasteiger partial charge in [0.05, 0.1) is 17.2 Å². The Morgan fingerprint density at radius 3 is 2.59 bits per heavy atom. The van der Waals surface area contributed by atoms with Crippen molar-refractivity contribution in [2.75, 3.05) is 18.5 Å². The molecule has 2 nitrogen and oxygen atoms in total. The van der Waals surface area contributed by atoms with Crippen LogP contribution in [-0.4, -0.2) is 13.6 Å². The van der Waals surface area contributed by atoms with Crippen LogP contribution in [0.4, 0.5) is 18.9 Å². The SMILES string of the molecule is C=CCN(C)c1ccc(C(F)(F)F)c(C#N)c1. The Balaban J connectivity index is 3.19. The Hall–Kier alpha value is -1.96. The highest BCUT2D eigenvalue weighted by Crippen LogP contribution is 2.33. The lowest BCUT2D eigenvalue weighted by atomic mass is 10.1. The summed E-state index contributed by atoms with van der Waals surface area (Å²) in [5, 5.41) is 8.73. The molecule has 0 heterocycles. The fraction of sp³-hybridized carbons (Fsp3) is 0.250. The first-order valence-electron chi connectivity index (χ1n) is 4.83. The van der Waals surface area contributed by atoms with Gasteiger partial charge in [-0.05, 0) is 18.2 Å². The van der Waals surface area contributed by atoms with Crippen molar-refractivity contribution in [1.29, 1.82) is 5.26 Å². The fourth-order valence-electron chi connectivity index (χ4n) is 1.41. The van der Waals surface area contributed by atoms with E-state index in [2.05, 4.69) is 6.58 Å². The highest BCUT2D eigenvalue weighted by atomic mass is 19.4. The van der Waals surface area contributed by atoms with Gasteiger partial charge in [-0.25, -0.2) is 0 Å². The Morgan fingerprint density at radius 1 is 1.47 bits per heavy atom. The van der Waals surface area contributed by atoms with E-state index < -0.39 is 11.7 Å². The van der Waals surface area contributed by atoms with E-state index in [0.29, 0.717) is 12.2 Å². The number of anilines is 1. The maximum absolute atomic E-state index is 12.5. The molecule has 0 fully saturated rings. The largest absolute Gasteiger partial charge is 0.417 e. The van der Waals surface area contributed by atoms with Crippen LogP contribution >= 0.6 is 0 Å². The van der Waals surface area contributed by atoms with Crippen LogP contribution in [0.15, 0.2) is 30.9 Å². The van der Waals surface area contributed by atoms with Crippen LogP contribution in [-0.2, 0) is 6.18 Å². The smallest absolute Gasteiger partial charge is 0.371 e. The summed E-state index contributed by atoms with van der Waals surface area (Å²) >= 11 is 0. The average molecular weight is 240 g/mol. The minimum Gasteiger partial charge on any atom is -0.371 e. The third-order valence-corrected chi connectivity index (χ3v) is 2.27. The molecule has 1 rings (SSSR count). The second kappa shape index (κ2) is 4.91. The second-order valence-electron chi connectivity index (χ2n) is 3.51. The number of halogens is 3. The maximum atomic E-state index is 12.5. The summed E-state index contributed by atoms with van der Waals surface area (Å²) < 4.78 is 37.6. The molecule has 0 aliphatic heterocycles. The number of alkyl halides is 3. The van der Waals surface area contributed by atoms with Gasteiger partial charge in [-0.3, -0.25) is 0 Å². The standard InChI is InChI=1S/C12H11F3N2/c1-3-6-17(2)10-4-5-11(12(13,14)15)9(7-10)8-16/h3-5,7H,1,6H2,2H3. The highest BCUT2D eigenvalue weighted by Gasteiger charge is 2.33. The van der Waals surface area contributed by atoms with Gasteiger partial charge in [0.2, 0.25) is 0 Å². The molecule has 0 bridgehead atoms. The first kappa shape index (κ1) is 13.1. The summed E-state index contributed by atoms with van der Waals surface area (Å²) in [5.74, 6) is 0. The van der Waals surface area contributed by atoms with Crippen molar-refractivity contribution in [1.82, 2.24) is 0 Å². The van der Waals surface area contributed by atoms with E-state index in [9.17, 15) is 13.2 Å². The molecule has 0 saturated heterocycles. The molecule has 0 spiro atoms. The summed E-state index contributed by atoms with van der Waals surface area (Å²) in [4.78, 5) is 1.70. The summed E-state index contributed by atoms with van der Waals surface area (Å²) in [6, 6.07) is 5.06. The number of benzene rings is 1. The van der Waals surface area contributed by atoms with E-state index in [1.165, 1.54) is 12.1 Å². The van der Waals surface area contributed by atoms with Crippen molar-refractivity contribution < 1.29 is 13.2 Å². The molecular weight excluding hydrogens is 229 g/mol. The molecule has 0 unspecified atom stereocenters. The monoisotopic (exact) mass is 240 g/mol.